The molecule has 1 saturated heterocycles. The first kappa shape index (κ1) is 10.1. The van der Waals surface area contributed by atoms with E-state index in [1.54, 1.807) is 11.0 Å². The second-order valence-corrected chi connectivity index (χ2v) is 4.34. The van der Waals surface area contributed by atoms with Crippen LogP contribution in [0.1, 0.15) is 22.5 Å². The van der Waals surface area contributed by atoms with Crippen LogP contribution in [0.3, 0.4) is 0 Å². The zero-order valence-corrected chi connectivity index (χ0v) is 9.00. The molecule has 1 aromatic rings. The fourth-order valence-electron chi connectivity index (χ4n) is 2.50. The van der Waals surface area contributed by atoms with Crippen molar-refractivity contribution in [1.29, 1.82) is 0 Å². The van der Waals surface area contributed by atoms with Gasteiger partial charge in [-0.15, -0.1) is 0 Å². The number of likely N-dealkylation sites (tertiary alicyclic amines) is 1. The molecule has 1 aliphatic carbocycles. The highest BCUT2D eigenvalue weighted by molar-refractivity contribution is 5.87. The summed E-state index contributed by atoms with van der Waals surface area (Å²) in [6.07, 6.45) is 6.09. The average Bonchev–Trinajstić information content (AvgIpc) is 2.97. The van der Waals surface area contributed by atoms with Crippen LogP contribution in [-0.4, -0.2) is 27.9 Å². The van der Waals surface area contributed by atoms with Crippen LogP contribution in [-0.2, 0) is 11.3 Å². The maximum atomic E-state index is 11.9. The summed E-state index contributed by atoms with van der Waals surface area (Å²) >= 11 is 0. The fraction of sp³-hybridized carbons (Fsp3) is 0.333. The number of furan rings is 1. The van der Waals surface area contributed by atoms with Crippen molar-refractivity contribution in [3.63, 3.8) is 0 Å². The molecule has 1 aliphatic heterocycles. The summed E-state index contributed by atoms with van der Waals surface area (Å²) < 4.78 is 4.90. The van der Waals surface area contributed by atoms with Gasteiger partial charge in [0.25, 0.3) is 0 Å². The smallest absolute Gasteiger partial charge is 0.372 e. The molecule has 2 bridgehead atoms. The minimum atomic E-state index is -1.10. The van der Waals surface area contributed by atoms with Crippen LogP contribution in [0.25, 0.3) is 0 Å². The number of nitrogens with zero attached hydrogens (tertiary/aromatic N) is 1. The van der Waals surface area contributed by atoms with E-state index in [1.807, 2.05) is 12.2 Å². The molecular formula is C12H11NO4. The van der Waals surface area contributed by atoms with E-state index in [1.165, 1.54) is 6.26 Å². The van der Waals surface area contributed by atoms with Gasteiger partial charge in [0.05, 0.1) is 24.8 Å². The van der Waals surface area contributed by atoms with Crippen LogP contribution < -0.4 is 0 Å². The molecule has 17 heavy (non-hydrogen) atoms. The van der Waals surface area contributed by atoms with E-state index in [9.17, 15) is 9.59 Å². The Hall–Kier alpha value is -2.04. The zero-order chi connectivity index (χ0) is 12.0. The van der Waals surface area contributed by atoms with E-state index in [0.29, 0.717) is 12.1 Å². The van der Waals surface area contributed by atoms with Crippen LogP contribution in [0.4, 0.5) is 0 Å². The lowest BCUT2D eigenvalue weighted by Gasteiger charge is -2.23. The topological polar surface area (TPSA) is 70.8 Å². The van der Waals surface area contributed by atoms with Crippen molar-refractivity contribution in [2.45, 2.75) is 19.0 Å². The van der Waals surface area contributed by atoms with E-state index in [4.69, 9.17) is 9.52 Å². The second-order valence-electron chi connectivity index (χ2n) is 4.34. The van der Waals surface area contributed by atoms with Crippen molar-refractivity contribution in [3.05, 3.63) is 35.8 Å². The zero-order valence-electron chi connectivity index (χ0n) is 9.00. The van der Waals surface area contributed by atoms with Gasteiger partial charge in [-0.2, -0.15) is 0 Å². The summed E-state index contributed by atoms with van der Waals surface area (Å²) in [6.45, 7) is 0.308. The Balaban J connectivity index is 1.84. The van der Waals surface area contributed by atoms with Crippen LogP contribution >= 0.6 is 0 Å². The van der Waals surface area contributed by atoms with Crippen molar-refractivity contribution in [3.8, 4) is 0 Å². The van der Waals surface area contributed by atoms with Crippen molar-refractivity contribution >= 4 is 11.9 Å². The second kappa shape index (κ2) is 3.48. The molecule has 1 fully saturated rings. The first-order valence-electron chi connectivity index (χ1n) is 5.45. The van der Waals surface area contributed by atoms with Gasteiger partial charge in [-0.05, 0) is 12.5 Å². The van der Waals surface area contributed by atoms with Gasteiger partial charge in [0.15, 0.2) is 0 Å². The minimum absolute atomic E-state index is 0.0137. The number of hydrogen-bond donors (Lipinski definition) is 1. The summed E-state index contributed by atoms with van der Waals surface area (Å²) in [5.41, 5.74) is 0.548. The molecule has 0 spiro atoms. The van der Waals surface area contributed by atoms with E-state index >= 15 is 0 Å². The van der Waals surface area contributed by atoms with E-state index < -0.39 is 5.97 Å². The lowest BCUT2D eigenvalue weighted by atomic mass is 10.1. The Morgan fingerprint density at radius 1 is 1.53 bits per heavy atom. The molecule has 0 saturated carbocycles. The van der Waals surface area contributed by atoms with Gasteiger partial charge in [-0.1, -0.05) is 12.2 Å². The Labute approximate surface area is 97.3 Å². The molecule has 0 radical (unpaired) electrons. The van der Waals surface area contributed by atoms with Gasteiger partial charge in [0.1, 0.15) is 0 Å². The monoisotopic (exact) mass is 233 g/mol. The minimum Gasteiger partial charge on any atom is -0.475 e. The Morgan fingerprint density at radius 2 is 2.35 bits per heavy atom. The molecule has 0 aromatic carbocycles. The molecular weight excluding hydrogens is 222 g/mol. The first-order valence-corrected chi connectivity index (χ1v) is 5.45. The van der Waals surface area contributed by atoms with Crippen molar-refractivity contribution in [2.75, 3.05) is 0 Å². The number of hydrogen-bond acceptors (Lipinski definition) is 3. The maximum Gasteiger partial charge on any atom is 0.372 e. The number of carbonyl (C=O) groups is 2. The third kappa shape index (κ3) is 1.46. The SMILES string of the molecule is O=C(O)c1occc1CN1C(=O)C2C=CC1C2. The molecule has 1 aromatic heterocycles. The van der Waals surface area contributed by atoms with Crippen LogP contribution in [0, 0.1) is 5.92 Å². The highest BCUT2D eigenvalue weighted by Gasteiger charge is 2.41. The number of carboxylic acids is 1. The highest BCUT2D eigenvalue weighted by Crippen LogP contribution is 2.34. The average molecular weight is 233 g/mol. The fourth-order valence-corrected chi connectivity index (χ4v) is 2.50. The molecule has 1 N–H and O–H groups in total. The number of carbonyl (C=O) groups excluding carboxylic acids is 1. The molecule has 2 heterocycles. The summed E-state index contributed by atoms with van der Waals surface area (Å²) in [7, 11) is 0. The predicted molar refractivity (Wildman–Crippen MR) is 57.3 cm³/mol. The van der Waals surface area contributed by atoms with Gasteiger partial charge in [0, 0.05) is 5.56 Å². The number of aromatic carboxylic acids is 1. The normalized spacial score (nSPS) is 25.9. The summed E-state index contributed by atoms with van der Waals surface area (Å²) in [4.78, 5) is 24.5. The number of amides is 1. The van der Waals surface area contributed by atoms with Gasteiger partial charge in [-0.3, -0.25) is 4.79 Å². The van der Waals surface area contributed by atoms with E-state index in [2.05, 4.69) is 0 Å². The van der Waals surface area contributed by atoms with E-state index in [-0.39, 0.29) is 23.6 Å². The molecule has 3 rings (SSSR count). The lowest BCUT2D eigenvalue weighted by Crippen LogP contribution is -2.34. The van der Waals surface area contributed by atoms with Crippen molar-refractivity contribution in [1.82, 2.24) is 4.90 Å². The number of carboxylic acid groups (broad SMARTS) is 1. The van der Waals surface area contributed by atoms with Gasteiger partial charge in [0.2, 0.25) is 11.7 Å². The molecule has 5 nitrogen and oxygen atoms in total. The molecule has 1 amide bonds. The van der Waals surface area contributed by atoms with Crippen LogP contribution in [0.2, 0.25) is 0 Å². The van der Waals surface area contributed by atoms with Gasteiger partial charge < -0.3 is 14.4 Å². The Morgan fingerprint density at radius 3 is 3.00 bits per heavy atom. The molecule has 88 valence electrons. The number of fused-ring (bicyclic) bond motifs is 2. The van der Waals surface area contributed by atoms with Crippen LogP contribution in [0.15, 0.2) is 28.9 Å². The Kier molecular flexibility index (Phi) is 2.07. The molecule has 2 aliphatic rings. The quantitative estimate of drug-likeness (QED) is 0.798. The third-order valence-electron chi connectivity index (χ3n) is 3.34. The molecule has 2 atom stereocenters. The lowest BCUT2D eigenvalue weighted by molar-refractivity contribution is -0.131. The highest BCUT2D eigenvalue weighted by atomic mass is 16.4. The molecule has 5 heteroatoms. The first-order chi connectivity index (χ1) is 8.16. The predicted octanol–water partition coefficient (Wildman–Crippen LogP) is 1.26. The van der Waals surface area contributed by atoms with Crippen molar-refractivity contribution in [2.24, 2.45) is 5.92 Å². The summed E-state index contributed by atoms with van der Waals surface area (Å²) in [5, 5.41) is 8.92. The van der Waals surface area contributed by atoms with E-state index in [0.717, 1.165) is 6.42 Å². The van der Waals surface area contributed by atoms with Gasteiger partial charge >= 0.3 is 5.97 Å². The molecule has 2 unspecified atom stereocenters. The van der Waals surface area contributed by atoms with Crippen molar-refractivity contribution < 1.29 is 19.1 Å². The van der Waals surface area contributed by atoms with Crippen LogP contribution in [0.5, 0.6) is 0 Å². The largest absolute Gasteiger partial charge is 0.475 e. The third-order valence-corrected chi connectivity index (χ3v) is 3.34. The number of rotatable bonds is 3. The summed E-state index contributed by atoms with van der Waals surface area (Å²) in [5.74, 6) is -1.11. The Bertz CT molecular complexity index is 516. The maximum absolute atomic E-state index is 11.9. The standard InChI is InChI=1S/C12H11NO4/c14-11-7-1-2-9(5-7)13(11)6-8-3-4-17-10(8)12(15)16/h1-4,7,9H,5-6H2,(H,15,16). The summed E-state index contributed by atoms with van der Waals surface area (Å²) in [6, 6.07) is 1.72. The van der Waals surface area contributed by atoms with Gasteiger partial charge in [-0.25, -0.2) is 4.79 Å².